The fourth-order valence-electron chi connectivity index (χ4n) is 4.64. The van der Waals surface area contributed by atoms with Crippen LogP contribution in [0.3, 0.4) is 0 Å². The van der Waals surface area contributed by atoms with Gasteiger partial charge in [-0.05, 0) is 53.6 Å². The van der Waals surface area contributed by atoms with Crippen LogP contribution in [0.4, 0.5) is 4.39 Å². The van der Waals surface area contributed by atoms with Crippen LogP contribution in [0.1, 0.15) is 37.3 Å². The van der Waals surface area contributed by atoms with E-state index in [-0.39, 0.29) is 22.4 Å². The highest BCUT2D eigenvalue weighted by molar-refractivity contribution is 6.31. The van der Waals surface area contributed by atoms with E-state index in [2.05, 4.69) is 25.1 Å². The second kappa shape index (κ2) is 5.84. The van der Waals surface area contributed by atoms with Crippen molar-refractivity contribution >= 4 is 17.5 Å². The Morgan fingerprint density at radius 3 is 2.64 bits per heavy atom. The van der Waals surface area contributed by atoms with E-state index < -0.39 is 5.82 Å². The number of hydrogen-bond donors (Lipinski definition) is 0. The molecule has 130 valence electrons. The average Bonchev–Trinajstić information content (AvgIpc) is 2.60. The van der Waals surface area contributed by atoms with Crippen LogP contribution in [-0.2, 0) is 16.6 Å². The van der Waals surface area contributed by atoms with E-state index in [1.54, 1.807) is 12.1 Å². The highest BCUT2D eigenvalue weighted by Crippen LogP contribution is 2.46. The van der Waals surface area contributed by atoms with Crippen molar-refractivity contribution in [3.8, 4) is 11.1 Å². The van der Waals surface area contributed by atoms with Gasteiger partial charge >= 0.3 is 0 Å². The van der Waals surface area contributed by atoms with Crippen molar-refractivity contribution in [2.45, 2.75) is 44.1 Å². The number of amides is 1. The van der Waals surface area contributed by atoms with Crippen LogP contribution in [0, 0.1) is 5.82 Å². The fraction of sp³-hybridized carbons (Fsp3) is 0.381. The van der Waals surface area contributed by atoms with Gasteiger partial charge < -0.3 is 4.90 Å². The summed E-state index contributed by atoms with van der Waals surface area (Å²) >= 11 is 5.94. The summed E-state index contributed by atoms with van der Waals surface area (Å²) in [5.74, 6) is -0.142. The Labute approximate surface area is 152 Å². The monoisotopic (exact) mass is 357 g/mol. The fourth-order valence-corrected chi connectivity index (χ4v) is 4.82. The van der Waals surface area contributed by atoms with Crippen molar-refractivity contribution in [1.29, 1.82) is 0 Å². The van der Waals surface area contributed by atoms with Gasteiger partial charge in [-0.1, -0.05) is 42.8 Å². The number of likely N-dealkylation sites (tertiary alicyclic amines) is 1. The minimum Gasteiger partial charge on any atom is -0.342 e. The zero-order valence-corrected chi connectivity index (χ0v) is 15.2. The van der Waals surface area contributed by atoms with Crippen molar-refractivity contribution in [3.05, 3.63) is 58.4 Å². The summed E-state index contributed by atoms with van der Waals surface area (Å²) in [6.07, 6.45) is 3.45. The molecule has 0 N–H and O–H groups in total. The van der Waals surface area contributed by atoms with Crippen LogP contribution in [0.5, 0.6) is 0 Å². The maximum Gasteiger partial charge on any atom is 0.222 e. The summed E-state index contributed by atoms with van der Waals surface area (Å²) in [7, 11) is 1.93. The number of carbonyl (C=O) groups is 1. The Hall–Kier alpha value is -1.87. The lowest BCUT2D eigenvalue weighted by Crippen LogP contribution is -2.56. The molecule has 1 amide bonds. The van der Waals surface area contributed by atoms with Crippen LogP contribution < -0.4 is 0 Å². The van der Waals surface area contributed by atoms with Gasteiger partial charge in [-0.25, -0.2) is 4.39 Å². The molecule has 4 heteroatoms. The number of piperidine rings is 1. The Balaban J connectivity index is 1.75. The highest BCUT2D eigenvalue weighted by Gasteiger charge is 2.46. The van der Waals surface area contributed by atoms with Crippen LogP contribution in [0.15, 0.2) is 36.4 Å². The normalized spacial score (nSPS) is 25.5. The first-order chi connectivity index (χ1) is 11.9. The SMILES string of the molecule is CN1C(=O)CC[C@]2(C)c3ccc(-c4ccc(F)c(Cl)c4)cc3CC[C@@H]12. The van der Waals surface area contributed by atoms with E-state index >= 15 is 0 Å². The summed E-state index contributed by atoms with van der Waals surface area (Å²) in [5, 5.41) is 0.148. The number of carbonyl (C=O) groups excluding carboxylic acids is 1. The van der Waals surface area contributed by atoms with E-state index in [1.165, 1.54) is 17.2 Å². The van der Waals surface area contributed by atoms with E-state index in [0.29, 0.717) is 6.42 Å². The number of hydrogen-bond acceptors (Lipinski definition) is 1. The zero-order chi connectivity index (χ0) is 17.8. The van der Waals surface area contributed by atoms with Crippen molar-refractivity contribution in [2.24, 2.45) is 0 Å². The largest absolute Gasteiger partial charge is 0.342 e. The third-order valence-corrected chi connectivity index (χ3v) is 6.40. The quantitative estimate of drug-likeness (QED) is 0.705. The molecular formula is C21H21ClFNO. The molecule has 0 saturated carbocycles. The highest BCUT2D eigenvalue weighted by atomic mass is 35.5. The molecule has 2 aliphatic rings. The average molecular weight is 358 g/mol. The number of aryl methyl sites for hydroxylation is 1. The zero-order valence-electron chi connectivity index (χ0n) is 14.5. The standard InChI is InChI=1S/C21H21ClFNO/c1-21-10-9-20(25)24(2)19(21)8-5-15-11-13(3-6-16(15)21)14-4-7-18(23)17(22)12-14/h3-4,6-7,11-12,19H,5,8-10H2,1-2H3/t19-,21-/m1/s1. The van der Waals surface area contributed by atoms with Gasteiger partial charge in [0.1, 0.15) is 5.82 Å². The lowest BCUT2D eigenvalue weighted by molar-refractivity contribution is -0.138. The summed E-state index contributed by atoms with van der Waals surface area (Å²) in [6.45, 7) is 2.28. The maximum atomic E-state index is 13.4. The van der Waals surface area contributed by atoms with Gasteiger partial charge in [0, 0.05) is 24.9 Å². The van der Waals surface area contributed by atoms with Gasteiger partial charge in [0.15, 0.2) is 0 Å². The van der Waals surface area contributed by atoms with Crippen LogP contribution in [-0.4, -0.2) is 23.9 Å². The number of fused-ring (bicyclic) bond motifs is 3. The molecule has 0 aromatic heterocycles. The first kappa shape index (κ1) is 16.6. The minimum atomic E-state index is -0.395. The predicted molar refractivity (Wildman–Crippen MR) is 98.3 cm³/mol. The molecule has 0 bridgehead atoms. The van der Waals surface area contributed by atoms with Gasteiger partial charge in [-0.2, -0.15) is 0 Å². The Morgan fingerprint density at radius 1 is 1.16 bits per heavy atom. The molecule has 1 saturated heterocycles. The number of benzene rings is 2. The van der Waals surface area contributed by atoms with Crippen molar-refractivity contribution in [3.63, 3.8) is 0 Å². The molecule has 2 nitrogen and oxygen atoms in total. The molecule has 0 radical (unpaired) electrons. The molecule has 1 aliphatic carbocycles. The molecule has 0 spiro atoms. The summed E-state index contributed by atoms with van der Waals surface area (Å²) in [5.41, 5.74) is 4.68. The second-order valence-corrected chi connectivity index (χ2v) is 7.88. The van der Waals surface area contributed by atoms with Gasteiger partial charge in [0.25, 0.3) is 0 Å². The van der Waals surface area contributed by atoms with E-state index in [4.69, 9.17) is 11.6 Å². The van der Waals surface area contributed by atoms with E-state index in [0.717, 1.165) is 30.4 Å². The number of rotatable bonds is 1. The topological polar surface area (TPSA) is 20.3 Å². The van der Waals surface area contributed by atoms with Crippen LogP contribution >= 0.6 is 11.6 Å². The molecule has 1 aliphatic heterocycles. The number of likely N-dealkylation sites (N-methyl/N-ethyl adjacent to an activating group) is 1. The lowest BCUT2D eigenvalue weighted by atomic mass is 9.63. The van der Waals surface area contributed by atoms with E-state index in [1.807, 2.05) is 11.9 Å². The molecule has 1 fully saturated rings. The first-order valence-corrected chi connectivity index (χ1v) is 9.12. The van der Waals surface area contributed by atoms with Crippen molar-refractivity contribution in [1.82, 2.24) is 4.90 Å². The molecule has 25 heavy (non-hydrogen) atoms. The number of nitrogens with zero attached hydrogens (tertiary/aromatic N) is 1. The van der Waals surface area contributed by atoms with Gasteiger partial charge in [-0.3, -0.25) is 4.79 Å². The first-order valence-electron chi connectivity index (χ1n) is 8.74. The second-order valence-electron chi connectivity index (χ2n) is 7.48. The Kier molecular flexibility index (Phi) is 3.88. The molecule has 0 unspecified atom stereocenters. The molecule has 2 aromatic rings. The smallest absolute Gasteiger partial charge is 0.222 e. The maximum absolute atomic E-state index is 13.4. The third kappa shape index (κ3) is 2.56. The molecule has 2 aromatic carbocycles. The molecular weight excluding hydrogens is 337 g/mol. The molecule has 4 rings (SSSR count). The van der Waals surface area contributed by atoms with Gasteiger partial charge in [-0.15, -0.1) is 0 Å². The van der Waals surface area contributed by atoms with Crippen LogP contribution in [0.25, 0.3) is 11.1 Å². The lowest BCUT2D eigenvalue weighted by Gasteiger charge is -2.50. The molecule has 1 heterocycles. The van der Waals surface area contributed by atoms with Crippen molar-refractivity contribution < 1.29 is 9.18 Å². The summed E-state index contributed by atoms with van der Waals surface area (Å²) < 4.78 is 13.4. The Bertz CT molecular complexity index is 865. The number of halogens is 2. The third-order valence-electron chi connectivity index (χ3n) is 6.12. The molecule has 2 atom stereocenters. The van der Waals surface area contributed by atoms with Gasteiger partial charge in [0.2, 0.25) is 5.91 Å². The van der Waals surface area contributed by atoms with Crippen molar-refractivity contribution in [2.75, 3.05) is 7.05 Å². The summed E-state index contributed by atoms with van der Waals surface area (Å²) in [6, 6.07) is 11.6. The minimum absolute atomic E-state index is 0.00914. The van der Waals surface area contributed by atoms with Gasteiger partial charge in [0.05, 0.1) is 5.02 Å². The van der Waals surface area contributed by atoms with E-state index in [9.17, 15) is 9.18 Å². The predicted octanol–water partition coefficient (Wildman–Crippen LogP) is 4.97. The summed E-state index contributed by atoms with van der Waals surface area (Å²) in [4.78, 5) is 14.0. The Morgan fingerprint density at radius 2 is 1.88 bits per heavy atom. The van der Waals surface area contributed by atoms with Crippen LogP contribution in [0.2, 0.25) is 5.02 Å².